The van der Waals surface area contributed by atoms with Gasteiger partial charge in [-0.3, -0.25) is 14.3 Å². The van der Waals surface area contributed by atoms with Gasteiger partial charge in [-0.05, 0) is 44.0 Å². The molecule has 0 fully saturated rings. The highest BCUT2D eigenvalue weighted by Gasteiger charge is 2.20. The number of nitrogens with two attached hydrogens (primary N) is 1. The SMILES string of the molecule is CCCCn1c(N)c(N(CC)C(=S)NCCCSC)c(=O)[nH]c1=O. The van der Waals surface area contributed by atoms with Crippen molar-refractivity contribution in [1.29, 1.82) is 0 Å². The maximum absolute atomic E-state index is 12.3. The van der Waals surface area contributed by atoms with Gasteiger partial charge in [0, 0.05) is 19.6 Å². The number of hydrogen-bond donors (Lipinski definition) is 3. The van der Waals surface area contributed by atoms with Gasteiger partial charge in [-0.25, -0.2) is 4.79 Å². The summed E-state index contributed by atoms with van der Waals surface area (Å²) in [5.74, 6) is 1.19. The zero-order valence-corrected chi connectivity index (χ0v) is 16.2. The van der Waals surface area contributed by atoms with E-state index in [1.165, 1.54) is 4.57 Å². The molecule has 0 unspecified atom stereocenters. The smallest absolute Gasteiger partial charge is 0.330 e. The normalized spacial score (nSPS) is 10.6. The van der Waals surface area contributed by atoms with Crippen LogP contribution >= 0.6 is 24.0 Å². The molecule has 0 saturated heterocycles. The molecule has 0 atom stereocenters. The van der Waals surface area contributed by atoms with Gasteiger partial charge in [-0.1, -0.05) is 13.3 Å². The van der Waals surface area contributed by atoms with Gasteiger partial charge in [0.1, 0.15) is 5.82 Å². The average molecular weight is 374 g/mol. The molecule has 136 valence electrons. The van der Waals surface area contributed by atoms with E-state index in [-0.39, 0.29) is 11.5 Å². The first-order chi connectivity index (χ1) is 11.5. The minimum Gasteiger partial charge on any atom is -0.383 e. The monoisotopic (exact) mass is 373 g/mol. The van der Waals surface area contributed by atoms with E-state index in [9.17, 15) is 9.59 Å². The fourth-order valence-electron chi connectivity index (χ4n) is 2.29. The number of nitrogen functional groups attached to an aromatic ring is 1. The third-order valence-electron chi connectivity index (χ3n) is 3.58. The van der Waals surface area contributed by atoms with E-state index in [2.05, 4.69) is 16.6 Å². The molecule has 0 aromatic carbocycles. The summed E-state index contributed by atoms with van der Waals surface area (Å²) < 4.78 is 1.40. The number of rotatable bonds is 9. The Kier molecular flexibility index (Phi) is 8.91. The number of H-pyrrole nitrogens is 1. The third kappa shape index (κ3) is 5.27. The summed E-state index contributed by atoms with van der Waals surface area (Å²) in [7, 11) is 0. The topological polar surface area (TPSA) is 96.2 Å². The highest BCUT2D eigenvalue weighted by molar-refractivity contribution is 7.98. The summed E-state index contributed by atoms with van der Waals surface area (Å²) in [5, 5.41) is 3.59. The van der Waals surface area contributed by atoms with Gasteiger partial charge >= 0.3 is 5.69 Å². The molecule has 4 N–H and O–H groups in total. The van der Waals surface area contributed by atoms with E-state index in [0.29, 0.717) is 18.2 Å². The number of nitrogens with one attached hydrogen (secondary N) is 2. The Morgan fingerprint density at radius 1 is 1.38 bits per heavy atom. The summed E-state index contributed by atoms with van der Waals surface area (Å²) in [6.07, 6.45) is 4.75. The molecule has 0 saturated carbocycles. The maximum atomic E-state index is 12.3. The van der Waals surface area contributed by atoms with Crippen molar-refractivity contribution in [2.75, 3.05) is 35.7 Å². The molecule has 1 rings (SSSR count). The Morgan fingerprint density at radius 3 is 2.67 bits per heavy atom. The van der Waals surface area contributed by atoms with Crippen molar-refractivity contribution in [3.8, 4) is 0 Å². The van der Waals surface area contributed by atoms with Gasteiger partial charge in [0.25, 0.3) is 5.56 Å². The van der Waals surface area contributed by atoms with E-state index in [4.69, 9.17) is 18.0 Å². The third-order valence-corrected chi connectivity index (χ3v) is 4.64. The molecule has 7 nitrogen and oxygen atoms in total. The Hall–Kier alpha value is -1.48. The standard InChI is InChI=1S/C15H27N5O2S2/c1-4-6-9-20-12(16)11(13(21)18-14(20)22)19(5-2)15(23)17-8-7-10-24-3/h4-10,16H2,1-3H3,(H,17,23)(H,18,21,22). The Morgan fingerprint density at radius 2 is 2.08 bits per heavy atom. The minimum absolute atomic E-state index is 0.160. The Labute approximate surface area is 152 Å². The second-order valence-corrected chi connectivity index (χ2v) is 6.69. The number of aromatic amines is 1. The average Bonchev–Trinajstić information content (AvgIpc) is 2.55. The molecule has 1 aromatic heterocycles. The molecule has 1 heterocycles. The van der Waals surface area contributed by atoms with Crippen LogP contribution in [0.1, 0.15) is 33.1 Å². The second-order valence-electron chi connectivity index (χ2n) is 5.32. The molecule has 0 radical (unpaired) electrons. The van der Waals surface area contributed by atoms with E-state index in [1.54, 1.807) is 16.7 Å². The number of thioether (sulfide) groups is 1. The van der Waals surface area contributed by atoms with Gasteiger partial charge in [-0.2, -0.15) is 11.8 Å². The molecule has 0 aliphatic carbocycles. The van der Waals surface area contributed by atoms with E-state index in [1.807, 2.05) is 13.8 Å². The number of aromatic nitrogens is 2. The first-order valence-corrected chi connectivity index (χ1v) is 9.94. The number of thiocarbonyl (C=S) groups is 1. The van der Waals surface area contributed by atoms with Crippen LogP contribution in [-0.4, -0.2) is 39.8 Å². The van der Waals surface area contributed by atoms with Gasteiger partial charge in [-0.15, -0.1) is 0 Å². The summed E-state index contributed by atoms with van der Waals surface area (Å²) >= 11 is 7.17. The van der Waals surface area contributed by atoms with Crippen molar-refractivity contribution in [3.05, 3.63) is 20.8 Å². The summed E-state index contributed by atoms with van der Waals surface area (Å²) in [6.45, 7) is 5.59. The number of nitrogens with zero attached hydrogens (tertiary/aromatic N) is 2. The van der Waals surface area contributed by atoms with Crippen LogP contribution in [-0.2, 0) is 6.54 Å². The highest BCUT2D eigenvalue weighted by atomic mass is 32.2. The van der Waals surface area contributed by atoms with Crippen LogP contribution in [0.2, 0.25) is 0 Å². The van der Waals surface area contributed by atoms with Crippen LogP contribution < -0.4 is 27.2 Å². The highest BCUT2D eigenvalue weighted by Crippen LogP contribution is 2.17. The van der Waals surface area contributed by atoms with Crippen LogP contribution in [0.4, 0.5) is 11.5 Å². The fraction of sp³-hybridized carbons (Fsp3) is 0.667. The van der Waals surface area contributed by atoms with Crippen molar-refractivity contribution in [1.82, 2.24) is 14.9 Å². The first-order valence-electron chi connectivity index (χ1n) is 8.14. The Balaban J connectivity index is 3.09. The molecule has 0 spiro atoms. The lowest BCUT2D eigenvalue weighted by Crippen LogP contribution is -2.45. The lowest BCUT2D eigenvalue weighted by molar-refractivity contribution is 0.604. The molecule has 0 bridgehead atoms. The van der Waals surface area contributed by atoms with E-state index in [0.717, 1.165) is 31.6 Å². The van der Waals surface area contributed by atoms with E-state index >= 15 is 0 Å². The zero-order valence-electron chi connectivity index (χ0n) is 14.6. The minimum atomic E-state index is -0.514. The van der Waals surface area contributed by atoms with Gasteiger partial charge in [0.15, 0.2) is 10.8 Å². The van der Waals surface area contributed by atoms with Crippen molar-refractivity contribution in [2.24, 2.45) is 0 Å². The van der Waals surface area contributed by atoms with Crippen LogP contribution in [0.25, 0.3) is 0 Å². The lowest BCUT2D eigenvalue weighted by Gasteiger charge is -2.25. The molecular formula is C15H27N5O2S2. The van der Waals surface area contributed by atoms with Crippen molar-refractivity contribution in [2.45, 2.75) is 39.7 Å². The number of hydrogen-bond acceptors (Lipinski definition) is 5. The zero-order chi connectivity index (χ0) is 18.1. The molecule has 24 heavy (non-hydrogen) atoms. The number of anilines is 2. The summed E-state index contributed by atoms with van der Waals surface area (Å²) in [4.78, 5) is 28.3. The first kappa shape index (κ1) is 20.6. The van der Waals surface area contributed by atoms with Gasteiger partial charge in [0.05, 0.1) is 0 Å². The number of unbranched alkanes of at least 4 members (excludes halogenated alkanes) is 1. The second kappa shape index (κ2) is 10.4. The fourth-order valence-corrected chi connectivity index (χ4v) is 3.04. The summed E-state index contributed by atoms with van der Waals surface area (Å²) in [5.41, 5.74) is 5.36. The van der Waals surface area contributed by atoms with Crippen LogP contribution in [0.3, 0.4) is 0 Å². The molecule has 0 aliphatic rings. The van der Waals surface area contributed by atoms with Crippen molar-refractivity contribution in [3.63, 3.8) is 0 Å². The Bertz CT molecular complexity index is 656. The lowest BCUT2D eigenvalue weighted by atomic mass is 10.3. The van der Waals surface area contributed by atoms with Crippen LogP contribution in [0.15, 0.2) is 9.59 Å². The molecule has 9 heteroatoms. The quantitative estimate of drug-likeness (QED) is 0.444. The molecular weight excluding hydrogens is 346 g/mol. The van der Waals surface area contributed by atoms with E-state index < -0.39 is 11.2 Å². The summed E-state index contributed by atoms with van der Waals surface area (Å²) in [6, 6.07) is 0. The largest absolute Gasteiger partial charge is 0.383 e. The molecule has 0 amide bonds. The van der Waals surface area contributed by atoms with Crippen LogP contribution in [0.5, 0.6) is 0 Å². The molecule has 0 aliphatic heterocycles. The predicted octanol–water partition coefficient (Wildman–Crippen LogP) is 1.37. The molecule has 1 aromatic rings. The van der Waals surface area contributed by atoms with Crippen molar-refractivity contribution < 1.29 is 0 Å². The van der Waals surface area contributed by atoms with Gasteiger partial charge < -0.3 is 16.0 Å². The predicted molar refractivity (Wildman–Crippen MR) is 107 cm³/mol. The van der Waals surface area contributed by atoms with Crippen molar-refractivity contribution >= 4 is 40.6 Å². The maximum Gasteiger partial charge on any atom is 0.330 e. The van der Waals surface area contributed by atoms with Gasteiger partial charge in [0.2, 0.25) is 0 Å². The van der Waals surface area contributed by atoms with Crippen LogP contribution in [0, 0.1) is 0 Å².